The second-order valence-corrected chi connectivity index (χ2v) is 8.34. The molecule has 4 heterocycles. The van der Waals surface area contributed by atoms with Gasteiger partial charge in [0, 0.05) is 25.3 Å². The standard InChI is InChI=1S/C24H28N4O2/c1-2-17-8-5-11-20-21(17)24(29)30-23(26-20)19-10-6-12-25-22(19)28-15-7-9-18(28)16-27-13-3-4-14-27/h5-6,8,10-12,18H,2-4,7,9,13-16H2,1H3. The molecule has 0 amide bonds. The highest BCUT2D eigenvalue weighted by atomic mass is 16.4. The van der Waals surface area contributed by atoms with Crippen molar-refractivity contribution in [2.45, 2.75) is 45.1 Å². The summed E-state index contributed by atoms with van der Waals surface area (Å²) in [6.45, 7) is 6.47. The molecule has 2 aliphatic rings. The predicted molar refractivity (Wildman–Crippen MR) is 119 cm³/mol. The average molecular weight is 405 g/mol. The third-order valence-electron chi connectivity index (χ3n) is 6.46. The molecule has 0 bridgehead atoms. The summed E-state index contributed by atoms with van der Waals surface area (Å²) in [5, 5.41) is 0.585. The van der Waals surface area contributed by atoms with Crippen LogP contribution < -0.4 is 10.5 Å². The molecule has 1 unspecified atom stereocenters. The van der Waals surface area contributed by atoms with Gasteiger partial charge in [-0.3, -0.25) is 0 Å². The molecule has 0 spiro atoms. The van der Waals surface area contributed by atoms with Gasteiger partial charge in [-0.15, -0.1) is 0 Å². The van der Waals surface area contributed by atoms with E-state index in [1.54, 1.807) is 0 Å². The van der Waals surface area contributed by atoms with E-state index < -0.39 is 0 Å². The minimum absolute atomic E-state index is 0.322. The number of benzene rings is 1. The molecule has 3 aromatic rings. The maximum Gasteiger partial charge on any atom is 0.347 e. The highest BCUT2D eigenvalue weighted by Crippen LogP contribution is 2.33. The summed E-state index contributed by atoms with van der Waals surface area (Å²) in [5.41, 5.74) is 2.13. The Hall–Kier alpha value is -2.73. The summed E-state index contributed by atoms with van der Waals surface area (Å²) >= 11 is 0. The van der Waals surface area contributed by atoms with Crippen LogP contribution in [0.5, 0.6) is 0 Å². The zero-order chi connectivity index (χ0) is 20.5. The number of nitrogens with zero attached hydrogens (tertiary/aromatic N) is 4. The van der Waals surface area contributed by atoms with Crippen LogP contribution in [0.15, 0.2) is 45.7 Å². The topological polar surface area (TPSA) is 62.5 Å². The second-order valence-electron chi connectivity index (χ2n) is 8.34. The van der Waals surface area contributed by atoms with Gasteiger partial charge < -0.3 is 14.2 Å². The van der Waals surface area contributed by atoms with Gasteiger partial charge in [-0.25, -0.2) is 14.8 Å². The van der Waals surface area contributed by atoms with Gasteiger partial charge in [-0.05, 0) is 69.0 Å². The Kier molecular flexibility index (Phi) is 5.25. The van der Waals surface area contributed by atoms with Crippen molar-refractivity contribution in [1.29, 1.82) is 0 Å². The average Bonchev–Trinajstić information content (AvgIpc) is 3.45. The van der Waals surface area contributed by atoms with Crippen molar-refractivity contribution in [3.8, 4) is 11.5 Å². The first-order chi connectivity index (χ1) is 14.7. The number of aryl methyl sites for hydroxylation is 1. The van der Waals surface area contributed by atoms with E-state index in [-0.39, 0.29) is 5.63 Å². The largest absolute Gasteiger partial charge is 0.403 e. The Bertz CT molecular complexity index is 1100. The van der Waals surface area contributed by atoms with Crippen molar-refractivity contribution in [3.05, 3.63) is 52.5 Å². The van der Waals surface area contributed by atoms with Crippen molar-refractivity contribution < 1.29 is 4.42 Å². The van der Waals surface area contributed by atoms with Gasteiger partial charge in [0.15, 0.2) is 0 Å². The summed E-state index contributed by atoms with van der Waals surface area (Å²) in [5.74, 6) is 1.23. The Labute approximate surface area is 176 Å². The molecule has 2 fully saturated rings. The van der Waals surface area contributed by atoms with E-state index in [9.17, 15) is 4.79 Å². The maximum atomic E-state index is 12.8. The highest BCUT2D eigenvalue weighted by molar-refractivity contribution is 5.83. The summed E-state index contributed by atoms with van der Waals surface area (Å²) < 4.78 is 5.74. The van der Waals surface area contributed by atoms with Crippen LogP contribution in [0, 0.1) is 0 Å². The van der Waals surface area contributed by atoms with Gasteiger partial charge in [-0.1, -0.05) is 19.1 Å². The molecule has 2 aliphatic heterocycles. The Morgan fingerprint density at radius 3 is 2.80 bits per heavy atom. The fourth-order valence-electron chi connectivity index (χ4n) is 4.96. The Balaban J connectivity index is 1.54. The molecule has 0 saturated carbocycles. The van der Waals surface area contributed by atoms with Crippen LogP contribution in [0.1, 0.15) is 38.2 Å². The molecule has 0 N–H and O–H groups in total. The number of hydrogen-bond acceptors (Lipinski definition) is 6. The van der Waals surface area contributed by atoms with Crippen molar-refractivity contribution >= 4 is 16.7 Å². The molecular weight excluding hydrogens is 376 g/mol. The number of hydrogen-bond donors (Lipinski definition) is 0. The quantitative estimate of drug-likeness (QED) is 0.643. The minimum atomic E-state index is -0.322. The van der Waals surface area contributed by atoms with Gasteiger partial charge in [-0.2, -0.15) is 0 Å². The third kappa shape index (κ3) is 3.49. The lowest BCUT2D eigenvalue weighted by atomic mass is 10.1. The molecule has 1 atom stereocenters. The zero-order valence-corrected chi connectivity index (χ0v) is 17.5. The summed E-state index contributed by atoms with van der Waals surface area (Å²) in [6.07, 6.45) is 7.51. The SMILES string of the molecule is CCc1cccc2nc(-c3cccnc3N3CCCC3CN3CCCC3)oc(=O)c12. The van der Waals surface area contributed by atoms with Crippen LogP contribution in [0.4, 0.5) is 5.82 Å². The molecule has 0 radical (unpaired) electrons. The fourth-order valence-corrected chi connectivity index (χ4v) is 4.96. The number of anilines is 1. The molecule has 2 aromatic heterocycles. The van der Waals surface area contributed by atoms with Crippen molar-refractivity contribution in [2.75, 3.05) is 31.1 Å². The van der Waals surface area contributed by atoms with E-state index >= 15 is 0 Å². The van der Waals surface area contributed by atoms with Gasteiger partial charge in [0.2, 0.25) is 5.89 Å². The smallest absolute Gasteiger partial charge is 0.347 e. The van der Waals surface area contributed by atoms with Crippen LogP contribution in [-0.4, -0.2) is 47.1 Å². The van der Waals surface area contributed by atoms with E-state index in [0.29, 0.717) is 22.8 Å². The molecule has 156 valence electrons. The van der Waals surface area contributed by atoms with E-state index in [1.165, 1.54) is 32.4 Å². The molecule has 30 heavy (non-hydrogen) atoms. The van der Waals surface area contributed by atoms with Crippen molar-refractivity contribution in [1.82, 2.24) is 14.9 Å². The number of likely N-dealkylation sites (tertiary alicyclic amines) is 1. The summed E-state index contributed by atoms with van der Waals surface area (Å²) in [7, 11) is 0. The van der Waals surface area contributed by atoms with E-state index in [4.69, 9.17) is 14.4 Å². The van der Waals surface area contributed by atoms with Crippen LogP contribution in [0.3, 0.4) is 0 Å². The van der Waals surface area contributed by atoms with Crippen LogP contribution in [0.2, 0.25) is 0 Å². The molecule has 1 aromatic carbocycles. The molecule has 6 nitrogen and oxygen atoms in total. The molecule has 5 rings (SSSR count). The van der Waals surface area contributed by atoms with E-state index in [2.05, 4.69) is 9.80 Å². The molecule has 0 aliphatic carbocycles. The lowest BCUT2D eigenvalue weighted by Crippen LogP contribution is -2.40. The Morgan fingerprint density at radius 1 is 1.10 bits per heavy atom. The van der Waals surface area contributed by atoms with Crippen LogP contribution in [0.25, 0.3) is 22.4 Å². The highest BCUT2D eigenvalue weighted by Gasteiger charge is 2.30. The predicted octanol–water partition coefficient (Wildman–Crippen LogP) is 3.88. The lowest BCUT2D eigenvalue weighted by Gasteiger charge is -2.30. The van der Waals surface area contributed by atoms with Gasteiger partial charge in [0.05, 0.1) is 16.5 Å². The third-order valence-corrected chi connectivity index (χ3v) is 6.46. The number of aromatic nitrogens is 2. The number of fused-ring (bicyclic) bond motifs is 1. The zero-order valence-electron chi connectivity index (χ0n) is 17.5. The molecule has 2 saturated heterocycles. The maximum absolute atomic E-state index is 12.8. The van der Waals surface area contributed by atoms with Crippen molar-refractivity contribution in [3.63, 3.8) is 0 Å². The lowest BCUT2D eigenvalue weighted by molar-refractivity contribution is 0.313. The molecule has 6 heteroatoms. The van der Waals surface area contributed by atoms with Crippen LogP contribution in [-0.2, 0) is 6.42 Å². The minimum Gasteiger partial charge on any atom is -0.403 e. The number of rotatable bonds is 5. The van der Waals surface area contributed by atoms with Crippen LogP contribution >= 0.6 is 0 Å². The van der Waals surface area contributed by atoms with Crippen molar-refractivity contribution in [2.24, 2.45) is 0 Å². The Morgan fingerprint density at radius 2 is 1.97 bits per heavy atom. The monoisotopic (exact) mass is 404 g/mol. The first-order valence-corrected chi connectivity index (χ1v) is 11.1. The first kappa shape index (κ1) is 19.2. The van der Waals surface area contributed by atoms with Gasteiger partial charge in [0.25, 0.3) is 0 Å². The second kappa shape index (κ2) is 8.19. The molecular formula is C24H28N4O2. The van der Waals surface area contributed by atoms with E-state index in [0.717, 1.165) is 42.9 Å². The van der Waals surface area contributed by atoms with Gasteiger partial charge >= 0.3 is 5.63 Å². The van der Waals surface area contributed by atoms with Gasteiger partial charge in [0.1, 0.15) is 5.82 Å². The summed E-state index contributed by atoms with van der Waals surface area (Å²) in [4.78, 5) is 27.2. The normalized spacial score (nSPS) is 19.8. The van der Waals surface area contributed by atoms with E-state index in [1.807, 2.05) is 43.5 Å². The number of pyridine rings is 1. The first-order valence-electron chi connectivity index (χ1n) is 11.1. The fraction of sp³-hybridized carbons (Fsp3) is 0.458. The summed E-state index contributed by atoms with van der Waals surface area (Å²) in [6, 6.07) is 10.1.